The number of hydrogen-bond donors (Lipinski definition) is 2. The number of nitrogens with one attached hydrogen (secondary N) is 2. The summed E-state index contributed by atoms with van der Waals surface area (Å²) in [6.45, 7) is 3.54. The van der Waals surface area contributed by atoms with Crippen LogP contribution in [0.15, 0.2) is 24.3 Å². The lowest BCUT2D eigenvalue weighted by atomic mass is 10.2. The molecular weight excluding hydrogens is 246 g/mol. The average Bonchev–Trinajstić information content (AvgIpc) is 2.39. The molecule has 0 saturated heterocycles. The lowest BCUT2D eigenvalue weighted by Crippen LogP contribution is -2.34. The van der Waals surface area contributed by atoms with Crippen molar-refractivity contribution in [3.63, 3.8) is 0 Å². The van der Waals surface area contributed by atoms with Crippen molar-refractivity contribution in [2.24, 2.45) is 0 Å². The second kappa shape index (κ2) is 8.20. The summed E-state index contributed by atoms with van der Waals surface area (Å²) < 4.78 is 0. The van der Waals surface area contributed by atoms with Gasteiger partial charge in [-0.15, -0.1) is 0 Å². The SMILES string of the molecule is CCCCNC(=O)CNCc1ccc([N+](=O)[O-])cc1. The molecule has 2 N–H and O–H groups in total. The summed E-state index contributed by atoms with van der Waals surface area (Å²) in [7, 11) is 0. The van der Waals surface area contributed by atoms with Crippen LogP contribution in [0.1, 0.15) is 25.3 Å². The number of unbranched alkanes of at least 4 members (excludes halogenated alkanes) is 1. The van der Waals surface area contributed by atoms with E-state index in [-0.39, 0.29) is 18.1 Å². The van der Waals surface area contributed by atoms with E-state index >= 15 is 0 Å². The van der Waals surface area contributed by atoms with Gasteiger partial charge >= 0.3 is 0 Å². The number of nitrogens with zero attached hydrogens (tertiary/aromatic N) is 1. The number of nitro benzene ring substituents is 1. The van der Waals surface area contributed by atoms with Gasteiger partial charge < -0.3 is 10.6 Å². The van der Waals surface area contributed by atoms with Gasteiger partial charge in [-0.2, -0.15) is 0 Å². The smallest absolute Gasteiger partial charge is 0.269 e. The predicted molar refractivity (Wildman–Crippen MR) is 72.7 cm³/mol. The van der Waals surface area contributed by atoms with E-state index in [1.807, 2.05) is 0 Å². The van der Waals surface area contributed by atoms with Crippen molar-refractivity contribution < 1.29 is 9.72 Å². The summed E-state index contributed by atoms with van der Waals surface area (Å²) in [4.78, 5) is 21.4. The van der Waals surface area contributed by atoms with E-state index in [0.717, 1.165) is 18.4 Å². The molecule has 0 aliphatic carbocycles. The predicted octanol–water partition coefficient (Wildman–Crippen LogP) is 1.60. The van der Waals surface area contributed by atoms with Crippen LogP contribution in [-0.4, -0.2) is 23.9 Å². The molecule has 0 aliphatic rings. The number of rotatable bonds is 8. The number of amides is 1. The summed E-state index contributed by atoms with van der Waals surface area (Å²) in [5.74, 6) is -0.0321. The molecule has 1 amide bonds. The fourth-order valence-electron chi connectivity index (χ4n) is 1.52. The minimum Gasteiger partial charge on any atom is -0.355 e. The maximum absolute atomic E-state index is 11.4. The highest BCUT2D eigenvalue weighted by Gasteiger charge is 2.04. The molecule has 1 rings (SSSR count). The quantitative estimate of drug-likeness (QED) is 0.425. The van der Waals surface area contributed by atoms with Gasteiger partial charge in [0.2, 0.25) is 5.91 Å². The van der Waals surface area contributed by atoms with Crippen LogP contribution in [0.4, 0.5) is 5.69 Å². The molecule has 0 fully saturated rings. The third-order valence-electron chi connectivity index (χ3n) is 2.61. The molecule has 0 aromatic heterocycles. The first kappa shape index (κ1) is 15.1. The van der Waals surface area contributed by atoms with Gasteiger partial charge in [0.05, 0.1) is 11.5 Å². The molecule has 0 radical (unpaired) electrons. The van der Waals surface area contributed by atoms with Crippen molar-refractivity contribution in [1.29, 1.82) is 0 Å². The molecule has 19 heavy (non-hydrogen) atoms. The van der Waals surface area contributed by atoms with Gasteiger partial charge in [0, 0.05) is 25.2 Å². The van der Waals surface area contributed by atoms with Crippen molar-refractivity contribution in [1.82, 2.24) is 10.6 Å². The Kier molecular flexibility index (Phi) is 6.52. The summed E-state index contributed by atoms with van der Waals surface area (Å²) in [6, 6.07) is 6.27. The van der Waals surface area contributed by atoms with Crippen molar-refractivity contribution >= 4 is 11.6 Å². The fraction of sp³-hybridized carbons (Fsp3) is 0.462. The second-order valence-electron chi connectivity index (χ2n) is 4.23. The largest absolute Gasteiger partial charge is 0.355 e. The Labute approximate surface area is 112 Å². The van der Waals surface area contributed by atoms with Gasteiger partial charge in [0.25, 0.3) is 5.69 Å². The Balaban J connectivity index is 2.25. The summed E-state index contributed by atoms with van der Waals surface area (Å²) in [5, 5.41) is 16.3. The van der Waals surface area contributed by atoms with Gasteiger partial charge in [0.15, 0.2) is 0 Å². The number of carbonyl (C=O) groups is 1. The molecule has 0 saturated carbocycles. The zero-order chi connectivity index (χ0) is 14.1. The van der Waals surface area contributed by atoms with E-state index in [9.17, 15) is 14.9 Å². The molecule has 0 atom stereocenters. The minimum atomic E-state index is -0.432. The molecule has 0 spiro atoms. The zero-order valence-corrected chi connectivity index (χ0v) is 11.0. The summed E-state index contributed by atoms with van der Waals surface area (Å²) in [6.07, 6.45) is 2.03. The monoisotopic (exact) mass is 265 g/mol. The summed E-state index contributed by atoms with van der Waals surface area (Å²) in [5.41, 5.74) is 0.980. The van der Waals surface area contributed by atoms with Crippen molar-refractivity contribution in [3.05, 3.63) is 39.9 Å². The third kappa shape index (κ3) is 5.96. The molecular formula is C13H19N3O3. The van der Waals surface area contributed by atoms with Gasteiger partial charge in [-0.05, 0) is 12.0 Å². The Hall–Kier alpha value is -1.95. The van der Waals surface area contributed by atoms with Crippen molar-refractivity contribution in [3.8, 4) is 0 Å². The van der Waals surface area contributed by atoms with Crippen LogP contribution in [0, 0.1) is 10.1 Å². The number of carbonyl (C=O) groups excluding carboxylic acids is 1. The van der Waals surface area contributed by atoms with E-state index in [4.69, 9.17) is 0 Å². The van der Waals surface area contributed by atoms with Crippen LogP contribution >= 0.6 is 0 Å². The highest BCUT2D eigenvalue weighted by Crippen LogP contribution is 2.11. The molecule has 0 aliphatic heterocycles. The van der Waals surface area contributed by atoms with Crippen molar-refractivity contribution in [2.45, 2.75) is 26.3 Å². The highest BCUT2D eigenvalue weighted by molar-refractivity contribution is 5.77. The summed E-state index contributed by atoms with van der Waals surface area (Å²) >= 11 is 0. The fourth-order valence-corrected chi connectivity index (χ4v) is 1.52. The van der Waals surface area contributed by atoms with E-state index in [0.29, 0.717) is 13.1 Å². The lowest BCUT2D eigenvalue weighted by Gasteiger charge is -2.06. The third-order valence-corrected chi connectivity index (χ3v) is 2.61. The van der Waals surface area contributed by atoms with Gasteiger partial charge in [-0.25, -0.2) is 0 Å². The number of benzene rings is 1. The van der Waals surface area contributed by atoms with Crippen LogP contribution in [0.3, 0.4) is 0 Å². The normalized spacial score (nSPS) is 10.2. The molecule has 6 nitrogen and oxygen atoms in total. The number of nitro groups is 1. The van der Waals surface area contributed by atoms with Crippen LogP contribution in [-0.2, 0) is 11.3 Å². The molecule has 1 aromatic rings. The van der Waals surface area contributed by atoms with Crippen LogP contribution in [0.5, 0.6) is 0 Å². The maximum atomic E-state index is 11.4. The molecule has 6 heteroatoms. The van der Waals surface area contributed by atoms with Gasteiger partial charge in [-0.1, -0.05) is 25.5 Å². The first-order chi connectivity index (χ1) is 9.13. The first-order valence-electron chi connectivity index (χ1n) is 6.34. The van der Waals surface area contributed by atoms with Gasteiger partial charge in [0.1, 0.15) is 0 Å². The second-order valence-corrected chi connectivity index (χ2v) is 4.23. The van der Waals surface area contributed by atoms with Crippen LogP contribution < -0.4 is 10.6 Å². The average molecular weight is 265 g/mol. The number of non-ortho nitro benzene ring substituents is 1. The van der Waals surface area contributed by atoms with E-state index in [1.165, 1.54) is 12.1 Å². The Morgan fingerprint density at radius 2 is 2.00 bits per heavy atom. The first-order valence-corrected chi connectivity index (χ1v) is 6.34. The topological polar surface area (TPSA) is 84.3 Å². The van der Waals surface area contributed by atoms with Crippen LogP contribution in [0.25, 0.3) is 0 Å². The number of hydrogen-bond acceptors (Lipinski definition) is 4. The maximum Gasteiger partial charge on any atom is 0.269 e. The van der Waals surface area contributed by atoms with E-state index in [2.05, 4.69) is 17.6 Å². The zero-order valence-electron chi connectivity index (χ0n) is 11.0. The Bertz CT molecular complexity index is 418. The lowest BCUT2D eigenvalue weighted by molar-refractivity contribution is -0.384. The Morgan fingerprint density at radius 3 is 2.58 bits per heavy atom. The van der Waals surface area contributed by atoms with Crippen molar-refractivity contribution in [2.75, 3.05) is 13.1 Å². The van der Waals surface area contributed by atoms with Crippen LogP contribution in [0.2, 0.25) is 0 Å². The Morgan fingerprint density at radius 1 is 1.32 bits per heavy atom. The molecule has 0 heterocycles. The molecule has 1 aromatic carbocycles. The molecule has 104 valence electrons. The van der Waals surface area contributed by atoms with E-state index < -0.39 is 4.92 Å². The minimum absolute atomic E-state index is 0.0321. The highest BCUT2D eigenvalue weighted by atomic mass is 16.6. The molecule has 0 unspecified atom stereocenters. The molecule has 0 bridgehead atoms. The van der Waals surface area contributed by atoms with E-state index in [1.54, 1.807) is 12.1 Å². The standard InChI is InChI=1S/C13H19N3O3/c1-2-3-8-15-13(17)10-14-9-11-4-6-12(7-5-11)16(18)19/h4-7,14H,2-3,8-10H2,1H3,(H,15,17). The van der Waals surface area contributed by atoms with Gasteiger partial charge in [-0.3, -0.25) is 14.9 Å².